The highest BCUT2D eigenvalue weighted by molar-refractivity contribution is 4.98. The highest BCUT2D eigenvalue weighted by Gasteiger charge is 2.52. The lowest BCUT2D eigenvalue weighted by Gasteiger charge is -2.22. The van der Waals surface area contributed by atoms with Crippen molar-refractivity contribution in [2.45, 2.75) is 24.7 Å². The summed E-state index contributed by atoms with van der Waals surface area (Å²) in [5, 5.41) is 0. The Morgan fingerprint density at radius 2 is 1.67 bits per heavy atom. The molecule has 0 saturated heterocycles. The van der Waals surface area contributed by atoms with Crippen LogP contribution in [0, 0.1) is 0 Å². The minimum atomic E-state index is -4.25. The fourth-order valence-corrected chi connectivity index (χ4v) is 0.605. The van der Waals surface area contributed by atoms with Crippen molar-refractivity contribution in [3.05, 3.63) is 12.7 Å². The van der Waals surface area contributed by atoms with Gasteiger partial charge in [-0.3, -0.25) is 4.39 Å². The van der Waals surface area contributed by atoms with Gasteiger partial charge in [-0.2, -0.15) is 17.6 Å². The predicted molar refractivity (Wildman–Crippen MR) is 35.3 cm³/mol. The van der Waals surface area contributed by atoms with E-state index in [4.69, 9.17) is 0 Å². The molecule has 0 unspecified atom stereocenters. The van der Waals surface area contributed by atoms with Crippen molar-refractivity contribution >= 4 is 0 Å². The Bertz CT molecular complexity index is 152. The first kappa shape index (κ1) is 11.4. The van der Waals surface area contributed by atoms with Crippen molar-refractivity contribution in [3.63, 3.8) is 0 Å². The minimum absolute atomic E-state index is 0.120. The fraction of sp³-hybridized carbons (Fsp3) is 0.714. The molecule has 0 aromatic rings. The number of hydrogen-bond acceptors (Lipinski definition) is 0. The molecule has 0 saturated carbocycles. The van der Waals surface area contributed by atoms with Crippen molar-refractivity contribution < 1.29 is 22.0 Å². The third-order valence-corrected chi connectivity index (χ3v) is 1.37. The van der Waals surface area contributed by atoms with Crippen molar-refractivity contribution in [2.75, 3.05) is 6.67 Å². The van der Waals surface area contributed by atoms with Crippen molar-refractivity contribution in [2.24, 2.45) is 0 Å². The molecule has 0 aliphatic rings. The van der Waals surface area contributed by atoms with Gasteiger partial charge >= 0.3 is 11.8 Å². The normalized spacial score (nSPS) is 13.1. The Morgan fingerprint density at radius 1 is 1.17 bits per heavy atom. The van der Waals surface area contributed by atoms with Gasteiger partial charge in [0.25, 0.3) is 0 Å². The third kappa shape index (κ3) is 2.46. The number of allylic oxidation sites excluding steroid dienone is 1. The summed E-state index contributed by atoms with van der Waals surface area (Å²) in [6, 6.07) is 0. The number of rotatable bonds is 5. The van der Waals surface area contributed by atoms with E-state index >= 15 is 0 Å². The first-order valence-electron chi connectivity index (χ1n) is 3.32. The fourth-order valence-electron chi connectivity index (χ4n) is 0.605. The monoisotopic (exact) mass is 188 g/mol. The van der Waals surface area contributed by atoms with Crippen LogP contribution in [0.3, 0.4) is 0 Å². The highest BCUT2D eigenvalue weighted by atomic mass is 19.3. The number of alkyl halides is 5. The van der Waals surface area contributed by atoms with Gasteiger partial charge in [-0.25, -0.2) is 0 Å². The van der Waals surface area contributed by atoms with Crippen LogP contribution in [0.4, 0.5) is 22.0 Å². The molecule has 0 atom stereocenters. The highest BCUT2D eigenvalue weighted by Crippen LogP contribution is 2.38. The molecule has 0 aliphatic carbocycles. The van der Waals surface area contributed by atoms with Gasteiger partial charge in [-0.1, -0.05) is 6.58 Å². The van der Waals surface area contributed by atoms with E-state index in [2.05, 4.69) is 6.58 Å². The molecule has 0 heterocycles. The summed E-state index contributed by atoms with van der Waals surface area (Å²) < 4.78 is 60.7. The molecule has 0 radical (unpaired) electrons. The molecule has 5 heteroatoms. The maximum atomic E-state index is 12.4. The molecule has 0 N–H and O–H groups in total. The molecule has 0 rings (SSSR count). The summed E-state index contributed by atoms with van der Waals surface area (Å²) in [7, 11) is 0. The Balaban J connectivity index is 4.27. The molecule has 0 nitrogen and oxygen atoms in total. The van der Waals surface area contributed by atoms with Crippen molar-refractivity contribution in [1.29, 1.82) is 0 Å². The second-order valence-electron chi connectivity index (χ2n) is 2.32. The molecule has 0 aliphatic heterocycles. The Labute approximate surface area is 67.1 Å². The third-order valence-electron chi connectivity index (χ3n) is 1.37. The van der Waals surface area contributed by atoms with E-state index in [1.807, 2.05) is 0 Å². The Kier molecular flexibility index (Phi) is 3.67. The van der Waals surface area contributed by atoms with E-state index in [9.17, 15) is 22.0 Å². The van der Waals surface area contributed by atoms with Crippen LogP contribution in [0.5, 0.6) is 0 Å². The van der Waals surface area contributed by atoms with E-state index < -0.39 is 31.4 Å². The van der Waals surface area contributed by atoms with E-state index in [1.165, 1.54) is 0 Å². The molecular formula is C7H9F5. The van der Waals surface area contributed by atoms with Gasteiger partial charge in [0.05, 0.1) is 6.67 Å². The van der Waals surface area contributed by atoms with Crippen LogP contribution in [0.1, 0.15) is 12.8 Å². The van der Waals surface area contributed by atoms with Crippen LogP contribution in [0.2, 0.25) is 0 Å². The van der Waals surface area contributed by atoms with Crippen LogP contribution in [0.25, 0.3) is 0 Å². The minimum Gasteiger partial charge on any atom is -0.251 e. The molecule has 72 valence electrons. The lowest BCUT2D eigenvalue weighted by molar-refractivity contribution is -0.183. The number of hydrogen-bond donors (Lipinski definition) is 0. The van der Waals surface area contributed by atoms with Gasteiger partial charge < -0.3 is 0 Å². The van der Waals surface area contributed by atoms with Crippen LogP contribution < -0.4 is 0 Å². The first-order valence-corrected chi connectivity index (χ1v) is 3.32. The van der Waals surface area contributed by atoms with Gasteiger partial charge in [-0.15, -0.1) is 0 Å². The van der Waals surface area contributed by atoms with Gasteiger partial charge in [0.2, 0.25) is 0 Å². The van der Waals surface area contributed by atoms with Gasteiger partial charge in [-0.05, 0) is 12.5 Å². The zero-order valence-corrected chi connectivity index (χ0v) is 6.30. The Hall–Kier alpha value is -0.610. The van der Waals surface area contributed by atoms with Gasteiger partial charge in [0.1, 0.15) is 0 Å². The summed E-state index contributed by atoms with van der Waals surface area (Å²) in [4.78, 5) is 0. The quantitative estimate of drug-likeness (QED) is 0.459. The molecule has 0 aromatic carbocycles. The standard InChI is InChI=1S/C7H9F5/c1-2-6(9,10)7(11,12)4-3-5-8/h2H,1,3-5H2. The van der Waals surface area contributed by atoms with Crippen LogP contribution in [-0.4, -0.2) is 18.5 Å². The smallest absolute Gasteiger partial charge is 0.251 e. The summed E-state index contributed by atoms with van der Waals surface area (Å²) in [5.74, 6) is -8.44. The van der Waals surface area contributed by atoms with Crippen LogP contribution >= 0.6 is 0 Å². The average molecular weight is 188 g/mol. The molecule has 0 fully saturated rings. The van der Waals surface area contributed by atoms with Crippen molar-refractivity contribution in [1.82, 2.24) is 0 Å². The lowest BCUT2D eigenvalue weighted by atomic mass is 10.1. The van der Waals surface area contributed by atoms with Crippen molar-refractivity contribution in [3.8, 4) is 0 Å². The maximum absolute atomic E-state index is 12.4. The van der Waals surface area contributed by atoms with E-state index in [0.717, 1.165) is 0 Å². The molecule has 12 heavy (non-hydrogen) atoms. The molecule has 0 amide bonds. The zero-order valence-electron chi connectivity index (χ0n) is 6.30. The molecule has 0 aromatic heterocycles. The zero-order chi connectivity index (χ0) is 9.83. The van der Waals surface area contributed by atoms with Gasteiger partial charge in [0.15, 0.2) is 0 Å². The molecular weight excluding hydrogens is 179 g/mol. The topological polar surface area (TPSA) is 0 Å². The average Bonchev–Trinajstić information content (AvgIpc) is 2.00. The lowest BCUT2D eigenvalue weighted by Crippen LogP contribution is -2.38. The second kappa shape index (κ2) is 3.87. The first-order chi connectivity index (χ1) is 5.37. The Morgan fingerprint density at radius 3 is 2.00 bits per heavy atom. The SMILES string of the molecule is C=CC(F)(F)C(F)(F)CCCF. The van der Waals surface area contributed by atoms with Gasteiger partial charge in [0, 0.05) is 6.42 Å². The predicted octanol–water partition coefficient (Wildman–Crippen LogP) is 3.19. The van der Waals surface area contributed by atoms with E-state index in [-0.39, 0.29) is 6.08 Å². The molecule has 0 spiro atoms. The summed E-state index contributed by atoms with van der Waals surface area (Å²) in [6.07, 6.45) is -1.86. The summed E-state index contributed by atoms with van der Waals surface area (Å²) >= 11 is 0. The summed E-state index contributed by atoms with van der Waals surface area (Å²) in [6.45, 7) is 1.56. The van der Waals surface area contributed by atoms with Crippen LogP contribution in [0.15, 0.2) is 12.7 Å². The van der Waals surface area contributed by atoms with Crippen LogP contribution in [-0.2, 0) is 0 Å². The van der Waals surface area contributed by atoms with E-state index in [1.54, 1.807) is 0 Å². The number of halogens is 5. The largest absolute Gasteiger partial charge is 0.328 e. The molecule has 0 bridgehead atoms. The summed E-state index contributed by atoms with van der Waals surface area (Å²) in [5.41, 5.74) is 0. The second-order valence-corrected chi connectivity index (χ2v) is 2.32. The van der Waals surface area contributed by atoms with E-state index in [0.29, 0.717) is 0 Å². The maximum Gasteiger partial charge on any atom is 0.328 e.